The van der Waals surface area contributed by atoms with Crippen LogP contribution in [0.15, 0.2) is 41.9 Å². The fourth-order valence-electron chi connectivity index (χ4n) is 1.81. The van der Waals surface area contributed by atoms with Gasteiger partial charge in [0.2, 0.25) is 0 Å². The van der Waals surface area contributed by atoms with Crippen LogP contribution in [0.1, 0.15) is 5.01 Å². The van der Waals surface area contributed by atoms with Crippen LogP contribution in [0, 0.1) is 6.92 Å². The summed E-state index contributed by atoms with van der Waals surface area (Å²) >= 11 is 1.68. The third-order valence-corrected chi connectivity index (χ3v) is 3.32. The predicted molar refractivity (Wildman–Crippen MR) is 67.6 cm³/mol. The number of para-hydroxylation sites is 1. The maximum absolute atomic E-state index is 4.52. The number of hydrogen-bond acceptors (Lipinski definition) is 3. The van der Waals surface area contributed by atoms with Crippen molar-refractivity contribution in [1.29, 1.82) is 0 Å². The van der Waals surface area contributed by atoms with Crippen LogP contribution in [0.25, 0.3) is 22.2 Å². The van der Waals surface area contributed by atoms with Gasteiger partial charge in [0.05, 0.1) is 16.2 Å². The van der Waals surface area contributed by atoms with Crippen molar-refractivity contribution < 1.29 is 0 Å². The van der Waals surface area contributed by atoms with E-state index in [-0.39, 0.29) is 0 Å². The van der Waals surface area contributed by atoms with Crippen molar-refractivity contribution in [3.63, 3.8) is 0 Å². The summed E-state index contributed by atoms with van der Waals surface area (Å²) in [7, 11) is 0. The average molecular weight is 226 g/mol. The number of benzene rings is 1. The van der Waals surface area contributed by atoms with E-state index in [0.29, 0.717) is 0 Å². The minimum Gasteiger partial charge on any atom is -0.256 e. The Labute approximate surface area is 97.6 Å². The molecule has 0 fully saturated rings. The summed E-state index contributed by atoms with van der Waals surface area (Å²) in [6.45, 7) is 2.03. The van der Waals surface area contributed by atoms with Crippen LogP contribution in [0.2, 0.25) is 0 Å². The van der Waals surface area contributed by atoms with Gasteiger partial charge in [-0.05, 0) is 19.1 Å². The van der Waals surface area contributed by atoms with Gasteiger partial charge in [-0.15, -0.1) is 11.3 Å². The van der Waals surface area contributed by atoms with Crippen molar-refractivity contribution in [2.24, 2.45) is 0 Å². The van der Waals surface area contributed by atoms with E-state index in [1.807, 2.05) is 37.4 Å². The number of aryl methyl sites for hydroxylation is 1. The summed E-state index contributed by atoms with van der Waals surface area (Å²) < 4.78 is 0. The van der Waals surface area contributed by atoms with Crippen LogP contribution >= 0.6 is 11.3 Å². The molecule has 2 heterocycles. The molecule has 0 spiro atoms. The van der Waals surface area contributed by atoms with Crippen LogP contribution < -0.4 is 0 Å². The number of thiazole rings is 1. The second kappa shape index (κ2) is 3.68. The van der Waals surface area contributed by atoms with E-state index in [0.717, 1.165) is 27.2 Å². The Kier molecular flexibility index (Phi) is 2.18. The fraction of sp³-hybridized carbons (Fsp3) is 0.0769. The van der Waals surface area contributed by atoms with E-state index < -0.39 is 0 Å². The van der Waals surface area contributed by atoms with Gasteiger partial charge in [0.25, 0.3) is 0 Å². The molecule has 3 aromatic rings. The first-order valence-corrected chi connectivity index (χ1v) is 5.99. The highest BCUT2D eigenvalue weighted by molar-refractivity contribution is 7.09. The Balaban J connectivity index is 2.31. The zero-order valence-corrected chi connectivity index (χ0v) is 9.66. The maximum Gasteiger partial charge on any atom is 0.0901 e. The second-order valence-electron chi connectivity index (χ2n) is 3.63. The largest absolute Gasteiger partial charge is 0.256 e. The highest BCUT2D eigenvalue weighted by Crippen LogP contribution is 2.27. The van der Waals surface area contributed by atoms with E-state index in [1.54, 1.807) is 11.3 Å². The third-order valence-electron chi connectivity index (χ3n) is 2.54. The van der Waals surface area contributed by atoms with Crippen molar-refractivity contribution in [2.45, 2.75) is 6.92 Å². The Morgan fingerprint density at radius 2 is 2.00 bits per heavy atom. The first kappa shape index (κ1) is 9.48. The van der Waals surface area contributed by atoms with Crippen LogP contribution in [0.3, 0.4) is 0 Å². The van der Waals surface area contributed by atoms with Gasteiger partial charge in [-0.3, -0.25) is 4.98 Å². The van der Waals surface area contributed by atoms with Crippen LogP contribution in [-0.4, -0.2) is 9.97 Å². The monoisotopic (exact) mass is 226 g/mol. The zero-order valence-electron chi connectivity index (χ0n) is 8.84. The molecule has 3 rings (SSSR count). The smallest absolute Gasteiger partial charge is 0.0901 e. The van der Waals surface area contributed by atoms with Gasteiger partial charge in [0.1, 0.15) is 0 Å². The van der Waals surface area contributed by atoms with Crippen molar-refractivity contribution in [3.8, 4) is 11.3 Å². The summed E-state index contributed by atoms with van der Waals surface area (Å²) in [5, 5.41) is 4.35. The minimum atomic E-state index is 1.02. The molecule has 0 atom stereocenters. The van der Waals surface area contributed by atoms with Gasteiger partial charge in [-0.25, -0.2) is 4.98 Å². The molecule has 0 saturated heterocycles. The third kappa shape index (κ3) is 1.49. The molecule has 0 aliphatic rings. The number of hydrogen-bond donors (Lipinski definition) is 0. The molecule has 0 bridgehead atoms. The van der Waals surface area contributed by atoms with Crippen LogP contribution in [-0.2, 0) is 0 Å². The lowest BCUT2D eigenvalue weighted by molar-refractivity contribution is 1.30. The lowest BCUT2D eigenvalue weighted by atomic mass is 10.1. The van der Waals surface area contributed by atoms with E-state index >= 15 is 0 Å². The summed E-state index contributed by atoms with van der Waals surface area (Å²) in [4.78, 5) is 8.87. The quantitative estimate of drug-likeness (QED) is 0.632. The van der Waals surface area contributed by atoms with Crippen molar-refractivity contribution in [3.05, 3.63) is 46.9 Å². The van der Waals surface area contributed by atoms with Crippen LogP contribution in [0.4, 0.5) is 0 Å². The van der Waals surface area contributed by atoms with Crippen molar-refractivity contribution in [1.82, 2.24) is 9.97 Å². The molecular formula is C13H10N2S. The molecule has 0 aliphatic carbocycles. The lowest BCUT2D eigenvalue weighted by Gasteiger charge is -2.02. The van der Waals surface area contributed by atoms with Gasteiger partial charge >= 0.3 is 0 Å². The molecule has 0 unspecified atom stereocenters. The van der Waals surface area contributed by atoms with Gasteiger partial charge in [-0.2, -0.15) is 0 Å². The molecular weight excluding hydrogens is 216 g/mol. The Morgan fingerprint density at radius 3 is 2.81 bits per heavy atom. The topological polar surface area (TPSA) is 25.8 Å². The Bertz CT molecular complexity index is 638. The molecule has 2 aromatic heterocycles. The molecule has 0 N–H and O–H groups in total. The molecule has 0 aliphatic heterocycles. The summed E-state index contributed by atoms with van der Waals surface area (Å²) in [6.07, 6.45) is 1.84. The normalized spacial score (nSPS) is 10.8. The van der Waals surface area contributed by atoms with Crippen molar-refractivity contribution >= 4 is 22.2 Å². The zero-order chi connectivity index (χ0) is 11.0. The minimum absolute atomic E-state index is 1.02. The first-order chi connectivity index (χ1) is 7.84. The number of aromatic nitrogens is 2. The van der Waals surface area contributed by atoms with Crippen molar-refractivity contribution in [2.75, 3.05) is 0 Å². The Morgan fingerprint density at radius 1 is 1.12 bits per heavy atom. The summed E-state index contributed by atoms with van der Waals surface area (Å²) in [5.74, 6) is 0. The molecule has 2 nitrogen and oxygen atoms in total. The molecule has 0 radical (unpaired) electrons. The van der Waals surface area contributed by atoms with E-state index in [9.17, 15) is 0 Å². The van der Waals surface area contributed by atoms with Gasteiger partial charge in [-0.1, -0.05) is 18.2 Å². The number of nitrogens with zero attached hydrogens (tertiary/aromatic N) is 2. The Hall–Kier alpha value is -1.74. The predicted octanol–water partition coefficient (Wildman–Crippen LogP) is 3.67. The van der Waals surface area contributed by atoms with E-state index in [1.165, 1.54) is 0 Å². The van der Waals surface area contributed by atoms with Crippen LogP contribution in [0.5, 0.6) is 0 Å². The molecule has 16 heavy (non-hydrogen) atoms. The highest BCUT2D eigenvalue weighted by Gasteiger charge is 2.06. The van der Waals surface area contributed by atoms with E-state index in [2.05, 4.69) is 21.4 Å². The first-order valence-electron chi connectivity index (χ1n) is 5.11. The molecule has 1 aromatic carbocycles. The molecule has 3 heteroatoms. The second-order valence-corrected chi connectivity index (χ2v) is 4.69. The average Bonchev–Trinajstić information content (AvgIpc) is 2.75. The molecule has 0 amide bonds. The number of fused-ring (bicyclic) bond motifs is 1. The summed E-state index contributed by atoms with van der Waals surface area (Å²) in [6, 6.07) is 10.2. The maximum atomic E-state index is 4.52. The van der Waals surface area contributed by atoms with Gasteiger partial charge < -0.3 is 0 Å². The van der Waals surface area contributed by atoms with Gasteiger partial charge in [0.15, 0.2) is 0 Å². The lowest BCUT2D eigenvalue weighted by Crippen LogP contribution is -1.84. The summed E-state index contributed by atoms with van der Waals surface area (Å²) in [5.41, 5.74) is 3.22. The fourth-order valence-corrected chi connectivity index (χ4v) is 2.42. The molecule has 78 valence electrons. The number of pyridine rings is 1. The SMILES string of the molecule is Cc1nc(-c2ccnc3ccccc23)cs1. The van der Waals surface area contributed by atoms with Gasteiger partial charge in [0, 0.05) is 22.5 Å². The standard InChI is InChI=1S/C13H10N2S/c1-9-15-13(8-16-9)11-6-7-14-12-5-3-2-4-10(11)12/h2-8H,1H3. The molecule has 0 saturated carbocycles. The van der Waals surface area contributed by atoms with E-state index in [4.69, 9.17) is 0 Å². The number of rotatable bonds is 1. The highest BCUT2D eigenvalue weighted by atomic mass is 32.1.